The Hall–Kier alpha value is -1.24. The van der Waals surface area contributed by atoms with Crippen LogP contribution in [-0.4, -0.2) is 18.2 Å². The number of ether oxygens (including phenoxy) is 1. The Morgan fingerprint density at radius 2 is 2.00 bits per heavy atom. The number of alkyl carbamates (subject to hydrolysis) is 1. The molecule has 1 fully saturated rings. The molecule has 0 radical (unpaired) electrons. The van der Waals surface area contributed by atoms with Crippen LogP contribution >= 0.6 is 0 Å². The van der Waals surface area contributed by atoms with Crippen LogP contribution in [0.15, 0.2) is 0 Å². The van der Waals surface area contributed by atoms with Gasteiger partial charge in [-0.2, -0.15) is 5.26 Å². The van der Waals surface area contributed by atoms with E-state index in [1.165, 1.54) is 19.3 Å². The third-order valence-electron chi connectivity index (χ3n) is 3.25. The zero-order valence-electron chi connectivity index (χ0n) is 11.7. The number of amides is 1. The van der Waals surface area contributed by atoms with Gasteiger partial charge in [-0.1, -0.05) is 19.3 Å². The fourth-order valence-electron chi connectivity index (χ4n) is 2.36. The van der Waals surface area contributed by atoms with Gasteiger partial charge in [0.2, 0.25) is 0 Å². The van der Waals surface area contributed by atoms with Gasteiger partial charge >= 0.3 is 6.09 Å². The number of carbonyl (C=O) groups is 1. The predicted octanol–water partition coefficient (Wildman–Crippen LogP) is 3.23. The van der Waals surface area contributed by atoms with Crippen molar-refractivity contribution in [1.29, 1.82) is 5.26 Å². The van der Waals surface area contributed by atoms with E-state index in [2.05, 4.69) is 11.4 Å². The monoisotopic (exact) mass is 252 g/mol. The molecule has 1 N–H and O–H groups in total. The maximum Gasteiger partial charge on any atom is 0.407 e. The van der Waals surface area contributed by atoms with Crippen molar-refractivity contribution in [2.75, 3.05) is 6.54 Å². The number of rotatable bonds is 3. The second-order valence-electron chi connectivity index (χ2n) is 6.02. The molecule has 18 heavy (non-hydrogen) atoms. The third-order valence-corrected chi connectivity index (χ3v) is 3.25. The van der Waals surface area contributed by atoms with Crippen LogP contribution in [0.25, 0.3) is 0 Å². The summed E-state index contributed by atoms with van der Waals surface area (Å²) in [6.07, 6.45) is 5.46. The normalized spacial score (nSPS) is 18.8. The lowest BCUT2D eigenvalue weighted by Crippen LogP contribution is -2.37. The molecule has 1 saturated carbocycles. The van der Waals surface area contributed by atoms with Gasteiger partial charge in [0, 0.05) is 6.54 Å². The predicted molar refractivity (Wildman–Crippen MR) is 69.9 cm³/mol. The average molecular weight is 252 g/mol. The zero-order valence-corrected chi connectivity index (χ0v) is 11.7. The largest absolute Gasteiger partial charge is 0.444 e. The SMILES string of the molecule is CC(C)(C)OC(=O)NCC(C#N)C1CCCCC1. The first-order chi connectivity index (χ1) is 8.42. The second kappa shape index (κ2) is 6.63. The number of hydrogen-bond donors (Lipinski definition) is 1. The molecule has 0 bridgehead atoms. The highest BCUT2D eigenvalue weighted by Gasteiger charge is 2.24. The van der Waals surface area contributed by atoms with Crippen LogP contribution in [0.5, 0.6) is 0 Å². The van der Waals surface area contributed by atoms with Crippen LogP contribution in [0, 0.1) is 23.2 Å². The summed E-state index contributed by atoms with van der Waals surface area (Å²) in [6.45, 7) is 5.89. The fourth-order valence-corrected chi connectivity index (χ4v) is 2.36. The van der Waals surface area contributed by atoms with Gasteiger partial charge < -0.3 is 10.1 Å². The minimum Gasteiger partial charge on any atom is -0.444 e. The molecule has 1 rings (SSSR count). The first-order valence-corrected chi connectivity index (χ1v) is 6.79. The standard InChI is InChI=1S/C14H24N2O2/c1-14(2,3)18-13(17)16-10-12(9-15)11-7-5-4-6-8-11/h11-12H,4-8,10H2,1-3H3,(H,16,17). The smallest absolute Gasteiger partial charge is 0.407 e. The molecule has 4 heteroatoms. The van der Waals surface area contributed by atoms with E-state index < -0.39 is 11.7 Å². The molecule has 1 atom stereocenters. The van der Waals surface area contributed by atoms with Crippen molar-refractivity contribution in [2.24, 2.45) is 11.8 Å². The number of carbonyl (C=O) groups excluding carboxylic acids is 1. The van der Waals surface area contributed by atoms with Gasteiger partial charge in [0.15, 0.2) is 0 Å². The number of nitrogens with one attached hydrogen (secondary N) is 1. The van der Waals surface area contributed by atoms with Crippen molar-refractivity contribution in [1.82, 2.24) is 5.32 Å². The molecule has 0 saturated heterocycles. The molecule has 1 amide bonds. The van der Waals surface area contributed by atoms with Gasteiger partial charge in [-0.15, -0.1) is 0 Å². The fraction of sp³-hybridized carbons (Fsp3) is 0.857. The number of nitrogens with zero attached hydrogens (tertiary/aromatic N) is 1. The molecule has 0 aromatic rings. The zero-order chi connectivity index (χ0) is 13.6. The van der Waals surface area contributed by atoms with Crippen LogP contribution in [0.3, 0.4) is 0 Å². The van der Waals surface area contributed by atoms with Gasteiger partial charge in [-0.3, -0.25) is 0 Å². The van der Waals surface area contributed by atoms with E-state index >= 15 is 0 Å². The lowest BCUT2D eigenvalue weighted by atomic mass is 9.80. The first kappa shape index (κ1) is 14.8. The van der Waals surface area contributed by atoms with E-state index in [1.54, 1.807) is 0 Å². The first-order valence-electron chi connectivity index (χ1n) is 6.79. The topological polar surface area (TPSA) is 62.1 Å². The Morgan fingerprint density at radius 3 is 2.50 bits per heavy atom. The molecule has 1 unspecified atom stereocenters. The van der Waals surface area contributed by atoms with E-state index in [1.807, 2.05) is 20.8 Å². The van der Waals surface area contributed by atoms with Crippen molar-refractivity contribution in [2.45, 2.75) is 58.5 Å². The van der Waals surface area contributed by atoms with Crippen LogP contribution in [0.2, 0.25) is 0 Å². The molecule has 4 nitrogen and oxygen atoms in total. The highest BCUT2D eigenvalue weighted by molar-refractivity contribution is 5.67. The molecule has 1 aliphatic carbocycles. The van der Waals surface area contributed by atoms with Gasteiger partial charge in [-0.25, -0.2) is 4.79 Å². The van der Waals surface area contributed by atoms with E-state index in [-0.39, 0.29) is 5.92 Å². The van der Waals surface area contributed by atoms with Crippen LogP contribution in [0.1, 0.15) is 52.9 Å². The summed E-state index contributed by atoms with van der Waals surface area (Å²) < 4.78 is 5.16. The molecule has 0 aliphatic heterocycles. The molecule has 1 aliphatic rings. The van der Waals surface area contributed by atoms with Gasteiger partial charge in [0.05, 0.1) is 12.0 Å². The summed E-state index contributed by atoms with van der Waals surface area (Å²) in [4.78, 5) is 11.5. The Bertz CT molecular complexity index is 309. The summed E-state index contributed by atoms with van der Waals surface area (Å²) in [5.41, 5.74) is -0.489. The average Bonchev–Trinajstić information content (AvgIpc) is 2.29. The van der Waals surface area contributed by atoms with Gasteiger partial charge in [-0.05, 0) is 39.5 Å². The quantitative estimate of drug-likeness (QED) is 0.838. The summed E-state index contributed by atoms with van der Waals surface area (Å²) in [7, 11) is 0. The van der Waals surface area contributed by atoms with Crippen LogP contribution < -0.4 is 5.32 Å². The number of hydrogen-bond acceptors (Lipinski definition) is 3. The van der Waals surface area contributed by atoms with Crippen molar-refractivity contribution >= 4 is 6.09 Å². The van der Waals surface area contributed by atoms with Crippen molar-refractivity contribution in [3.8, 4) is 6.07 Å². The Kier molecular flexibility index (Phi) is 5.46. The lowest BCUT2D eigenvalue weighted by Gasteiger charge is -2.26. The Morgan fingerprint density at radius 1 is 1.39 bits per heavy atom. The highest BCUT2D eigenvalue weighted by atomic mass is 16.6. The van der Waals surface area contributed by atoms with Crippen LogP contribution in [0.4, 0.5) is 4.79 Å². The van der Waals surface area contributed by atoms with Crippen molar-refractivity contribution in [3.05, 3.63) is 0 Å². The minimum absolute atomic E-state index is 0.0854. The molecule has 102 valence electrons. The van der Waals surface area contributed by atoms with Crippen molar-refractivity contribution in [3.63, 3.8) is 0 Å². The van der Waals surface area contributed by atoms with E-state index in [9.17, 15) is 10.1 Å². The third kappa shape index (κ3) is 5.39. The van der Waals surface area contributed by atoms with Crippen LogP contribution in [-0.2, 0) is 4.74 Å². The van der Waals surface area contributed by atoms with E-state index in [0.29, 0.717) is 12.5 Å². The minimum atomic E-state index is -0.489. The lowest BCUT2D eigenvalue weighted by molar-refractivity contribution is 0.0517. The van der Waals surface area contributed by atoms with E-state index in [0.717, 1.165) is 12.8 Å². The van der Waals surface area contributed by atoms with Gasteiger partial charge in [0.1, 0.15) is 5.60 Å². The molecular weight excluding hydrogens is 228 g/mol. The van der Waals surface area contributed by atoms with Gasteiger partial charge in [0.25, 0.3) is 0 Å². The summed E-state index contributed by atoms with van der Waals surface area (Å²) in [6, 6.07) is 2.32. The van der Waals surface area contributed by atoms with Crippen molar-refractivity contribution < 1.29 is 9.53 Å². The maximum absolute atomic E-state index is 11.5. The maximum atomic E-state index is 11.5. The summed E-state index contributed by atoms with van der Waals surface area (Å²) in [5, 5.41) is 11.9. The summed E-state index contributed by atoms with van der Waals surface area (Å²) in [5.74, 6) is 0.344. The molecular formula is C14H24N2O2. The molecule has 0 spiro atoms. The Balaban J connectivity index is 2.35. The summed E-state index contributed by atoms with van der Waals surface area (Å²) >= 11 is 0. The second-order valence-corrected chi connectivity index (χ2v) is 6.02. The molecule has 0 aromatic carbocycles. The van der Waals surface area contributed by atoms with E-state index in [4.69, 9.17) is 4.74 Å². The molecule has 0 heterocycles. The Labute approximate surface area is 110 Å². The number of nitriles is 1. The molecule has 0 aromatic heterocycles. The highest BCUT2D eigenvalue weighted by Crippen LogP contribution is 2.29.